The van der Waals surface area contributed by atoms with Gasteiger partial charge < -0.3 is 40.3 Å². The van der Waals surface area contributed by atoms with Crippen molar-refractivity contribution in [2.24, 2.45) is 5.73 Å². The van der Waals surface area contributed by atoms with Gasteiger partial charge in [-0.05, 0) is 12.6 Å². The van der Waals surface area contributed by atoms with Crippen LogP contribution in [0.2, 0.25) is 0 Å². The van der Waals surface area contributed by atoms with Gasteiger partial charge in [0.15, 0.2) is 6.23 Å². The van der Waals surface area contributed by atoms with Crippen molar-refractivity contribution in [1.29, 1.82) is 0 Å². The molecule has 3 unspecified atom stereocenters. The number of H-pyrrole nitrogens is 1. The van der Waals surface area contributed by atoms with Gasteiger partial charge in [-0.3, -0.25) is 18.9 Å². The molecule has 0 bridgehead atoms. The fraction of sp³-hybridized carbons (Fsp3) is 0.500. The predicted octanol–water partition coefficient (Wildman–Crippen LogP) is -2.27. The van der Waals surface area contributed by atoms with Crippen molar-refractivity contribution in [2.45, 2.75) is 37.1 Å². The van der Waals surface area contributed by atoms with E-state index in [0.29, 0.717) is 4.57 Å². The Balaban J connectivity index is 2.29. The van der Waals surface area contributed by atoms with Crippen LogP contribution in [-0.2, 0) is 31.6 Å². The van der Waals surface area contributed by atoms with E-state index in [-0.39, 0.29) is 0 Å². The van der Waals surface area contributed by atoms with E-state index >= 15 is 0 Å². The zero-order chi connectivity index (χ0) is 25.2. The first-order valence-corrected chi connectivity index (χ1v) is 13.1. The number of ether oxygens (including phenoxy) is 1. The van der Waals surface area contributed by atoms with Crippen molar-refractivity contribution in [1.82, 2.24) is 9.55 Å². The summed E-state index contributed by atoms with van der Waals surface area (Å²) in [6.07, 6.45) is -6.14. The normalized spacial score (nSPS) is 28.4. The summed E-state index contributed by atoms with van der Waals surface area (Å²) in [7, 11) is -17.1. The van der Waals surface area contributed by atoms with Crippen molar-refractivity contribution in [3.8, 4) is 0 Å². The zero-order valence-corrected chi connectivity index (χ0v) is 18.8. The number of phosphoric acid groups is 3. The SMILES string of the molecule is NC=CCC(OP(=O)(O)OP(=O)(O)OP(=O)(O)O)[C@H]1O[C@@H](n2ccc(=O)[nH]c2=O)[C@H](O)[C@@H]1O. The minimum absolute atomic E-state index is 0.429. The predicted molar refractivity (Wildman–Crippen MR) is 104 cm³/mol. The molecule has 1 saturated heterocycles. The van der Waals surface area contributed by atoms with E-state index in [1.165, 1.54) is 0 Å². The second-order valence-corrected chi connectivity index (χ2v) is 10.8. The summed E-state index contributed by atoms with van der Waals surface area (Å²) in [5.74, 6) is 0. The van der Waals surface area contributed by atoms with E-state index in [4.69, 9.17) is 24.8 Å². The van der Waals surface area contributed by atoms with Crippen LogP contribution < -0.4 is 17.0 Å². The number of rotatable bonds is 10. The van der Waals surface area contributed by atoms with Crippen LogP contribution in [0.15, 0.2) is 34.1 Å². The molecular weight excluding hydrogens is 519 g/mol. The number of hydrogen-bond donors (Lipinski definition) is 8. The molecule has 1 aliphatic rings. The third-order valence-electron chi connectivity index (χ3n) is 3.96. The number of nitrogens with one attached hydrogen (secondary N) is 1. The summed E-state index contributed by atoms with van der Waals surface area (Å²) in [6.45, 7) is 0. The molecule has 0 spiro atoms. The lowest BCUT2D eigenvalue weighted by Crippen LogP contribution is -2.40. The molecule has 0 aromatic carbocycles. The molecule has 0 radical (unpaired) electrons. The Bertz CT molecular complexity index is 1130. The number of aliphatic hydroxyl groups is 2. The van der Waals surface area contributed by atoms with E-state index < -0.39 is 71.8 Å². The van der Waals surface area contributed by atoms with Crippen molar-refractivity contribution in [2.75, 3.05) is 0 Å². The summed E-state index contributed by atoms with van der Waals surface area (Å²) in [5, 5.41) is 20.6. The van der Waals surface area contributed by atoms with Crippen LogP contribution >= 0.6 is 23.5 Å². The van der Waals surface area contributed by atoms with E-state index in [2.05, 4.69) is 8.62 Å². The molecule has 1 aromatic heterocycles. The van der Waals surface area contributed by atoms with Crippen molar-refractivity contribution in [3.63, 3.8) is 0 Å². The van der Waals surface area contributed by atoms with Crippen LogP contribution in [-0.4, -0.2) is 63.8 Å². The molecule has 7 atom stereocenters. The highest BCUT2D eigenvalue weighted by Crippen LogP contribution is 2.66. The Morgan fingerprint density at radius 3 is 2.30 bits per heavy atom. The molecule has 9 N–H and O–H groups in total. The molecule has 2 heterocycles. The Labute approximate surface area is 183 Å². The smallest absolute Gasteiger partial charge is 0.405 e. The maximum absolute atomic E-state index is 12.2. The standard InChI is InChI=1S/C12H20N3O15P3/c13-4-1-2-6(28-32(23,24)30-33(25,26)29-31(20,21)22)10-8(17)9(18)11(27-10)15-5-3-7(16)14-12(15)19/h1,3-6,8-11,17-18H,2,13H2,(H,23,24)(H,25,26)(H,14,16,19)(H2,20,21,22)/t6?,8-,9+,10+,11+/m0/s1. The zero-order valence-electron chi connectivity index (χ0n) is 16.1. The van der Waals surface area contributed by atoms with Crippen LogP contribution in [0, 0.1) is 0 Å². The second kappa shape index (κ2) is 10.4. The third-order valence-corrected chi connectivity index (χ3v) is 7.82. The number of hydrogen-bond acceptors (Lipinski definition) is 12. The molecular formula is C12H20N3O15P3. The lowest BCUT2D eigenvalue weighted by Gasteiger charge is -2.26. The minimum atomic E-state index is -5.82. The average molecular weight is 539 g/mol. The van der Waals surface area contributed by atoms with E-state index in [9.17, 15) is 43.3 Å². The maximum Gasteiger partial charge on any atom is 0.490 e. The summed E-state index contributed by atoms with van der Waals surface area (Å²) < 4.78 is 52.4. The highest BCUT2D eigenvalue weighted by Gasteiger charge is 2.50. The van der Waals surface area contributed by atoms with Crippen LogP contribution in [0.3, 0.4) is 0 Å². The lowest BCUT2D eigenvalue weighted by atomic mass is 10.0. The second-order valence-electron chi connectivity index (χ2n) is 6.39. The third kappa shape index (κ3) is 7.77. The molecule has 21 heteroatoms. The number of nitrogens with zero attached hydrogens (tertiary/aromatic N) is 1. The number of aromatic nitrogens is 2. The number of nitrogens with two attached hydrogens (primary N) is 1. The summed E-state index contributed by atoms with van der Waals surface area (Å²) in [4.78, 5) is 61.3. The first kappa shape index (κ1) is 27.8. The largest absolute Gasteiger partial charge is 0.490 e. The molecule has 1 fully saturated rings. The fourth-order valence-electron chi connectivity index (χ4n) is 2.77. The van der Waals surface area contributed by atoms with Gasteiger partial charge in [0.05, 0.1) is 0 Å². The highest BCUT2D eigenvalue weighted by molar-refractivity contribution is 7.66. The van der Waals surface area contributed by atoms with Gasteiger partial charge in [-0.2, -0.15) is 8.62 Å². The first-order chi connectivity index (χ1) is 15.1. The van der Waals surface area contributed by atoms with E-state index in [1.54, 1.807) is 0 Å². The van der Waals surface area contributed by atoms with Crippen molar-refractivity contribution >= 4 is 23.5 Å². The topological polar surface area (TPSA) is 290 Å². The van der Waals surface area contributed by atoms with Gasteiger partial charge in [0, 0.05) is 12.3 Å². The number of phosphoric ester groups is 1. The molecule has 1 aliphatic heterocycles. The fourth-order valence-corrected chi connectivity index (χ4v) is 5.98. The minimum Gasteiger partial charge on any atom is -0.405 e. The molecule has 0 saturated carbocycles. The molecule has 188 valence electrons. The Hall–Kier alpha value is -1.49. The van der Waals surface area contributed by atoms with E-state index in [1.807, 2.05) is 4.98 Å². The quantitative estimate of drug-likeness (QED) is 0.145. The Kier molecular flexibility index (Phi) is 8.76. The van der Waals surface area contributed by atoms with Crippen molar-refractivity contribution < 1.29 is 61.4 Å². The summed E-state index contributed by atoms with van der Waals surface area (Å²) in [6, 6.07) is 0.915. The van der Waals surface area contributed by atoms with Gasteiger partial charge in [0.1, 0.15) is 24.4 Å². The molecule has 0 aliphatic carbocycles. The summed E-state index contributed by atoms with van der Waals surface area (Å²) in [5.41, 5.74) is 3.42. The van der Waals surface area contributed by atoms with Gasteiger partial charge >= 0.3 is 29.2 Å². The lowest BCUT2D eigenvalue weighted by molar-refractivity contribution is -0.0822. The first-order valence-electron chi connectivity index (χ1n) is 8.57. The van der Waals surface area contributed by atoms with Crippen LogP contribution in [0.4, 0.5) is 0 Å². The van der Waals surface area contributed by atoms with E-state index in [0.717, 1.165) is 24.5 Å². The van der Waals surface area contributed by atoms with Crippen molar-refractivity contribution in [3.05, 3.63) is 45.4 Å². The van der Waals surface area contributed by atoms with Crippen LogP contribution in [0.25, 0.3) is 0 Å². The van der Waals surface area contributed by atoms with Crippen LogP contribution in [0.5, 0.6) is 0 Å². The molecule has 1 aromatic rings. The number of aromatic amines is 1. The number of aliphatic hydroxyl groups excluding tert-OH is 2. The monoisotopic (exact) mass is 539 g/mol. The average Bonchev–Trinajstić information content (AvgIpc) is 2.91. The van der Waals surface area contributed by atoms with Gasteiger partial charge in [-0.15, -0.1) is 0 Å². The summed E-state index contributed by atoms with van der Waals surface area (Å²) >= 11 is 0. The molecule has 18 nitrogen and oxygen atoms in total. The highest BCUT2D eigenvalue weighted by atomic mass is 31.3. The van der Waals surface area contributed by atoms with Gasteiger partial charge in [-0.25, -0.2) is 18.5 Å². The molecule has 2 rings (SSSR count). The van der Waals surface area contributed by atoms with Gasteiger partial charge in [0.2, 0.25) is 0 Å². The van der Waals surface area contributed by atoms with Crippen LogP contribution in [0.1, 0.15) is 12.6 Å². The Morgan fingerprint density at radius 2 is 1.76 bits per heavy atom. The Morgan fingerprint density at radius 1 is 1.12 bits per heavy atom. The van der Waals surface area contributed by atoms with Gasteiger partial charge in [0.25, 0.3) is 5.56 Å². The molecule has 33 heavy (non-hydrogen) atoms. The van der Waals surface area contributed by atoms with Gasteiger partial charge in [-0.1, -0.05) is 6.08 Å². The maximum atomic E-state index is 12.2. The molecule has 0 amide bonds.